The van der Waals surface area contributed by atoms with Gasteiger partial charge < -0.3 is 20.2 Å². The van der Waals surface area contributed by atoms with Gasteiger partial charge in [-0.1, -0.05) is 24.3 Å². The first-order valence-electron chi connectivity index (χ1n) is 12.2. The van der Waals surface area contributed by atoms with E-state index in [2.05, 4.69) is 37.6 Å². The van der Waals surface area contributed by atoms with E-state index in [0.717, 1.165) is 53.9 Å². The first-order valence-corrected chi connectivity index (χ1v) is 12.2. The van der Waals surface area contributed by atoms with Crippen molar-refractivity contribution in [3.63, 3.8) is 0 Å². The molecule has 37 heavy (non-hydrogen) atoms. The van der Waals surface area contributed by atoms with E-state index < -0.39 is 5.97 Å². The summed E-state index contributed by atoms with van der Waals surface area (Å²) in [5.41, 5.74) is 2.97. The van der Waals surface area contributed by atoms with Crippen LogP contribution in [0.5, 0.6) is 0 Å². The van der Waals surface area contributed by atoms with Crippen LogP contribution in [-0.2, 0) is 11.8 Å². The molecule has 4 aromatic rings. The molecule has 0 aliphatic carbocycles. The average Bonchev–Trinajstić information content (AvgIpc) is 3.36. The molecule has 0 radical (unpaired) electrons. The number of hydrogen-bond donors (Lipinski definition) is 2. The van der Waals surface area contributed by atoms with Gasteiger partial charge in [-0.3, -0.25) is 14.3 Å². The van der Waals surface area contributed by atoms with Crippen molar-refractivity contribution in [2.45, 2.75) is 18.9 Å². The summed E-state index contributed by atoms with van der Waals surface area (Å²) in [7, 11) is 3.74. The summed E-state index contributed by atoms with van der Waals surface area (Å²) < 4.78 is 1.80. The minimum absolute atomic E-state index is 0.0472. The van der Waals surface area contributed by atoms with E-state index in [4.69, 9.17) is 5.11 Å². The highest BCUT2D eigenvalue weighted by Crippen LogP contribution is 2.32. The molecule has 10 heteroatoms. The smallest absolute Gasteiger partial charge is 0.322 e. The third-order valence-electron chi connectivity index (χ3n) is 6.94. The predicted molar refractivity (Wildman–Crippen MR) is 142 cm³/mol. The van der Waals surface area contributed by atoms with Crippen molar-refractivity contribution in [1.29, 1.82) is 0 Å². The number of nitrogens with zero attached hydrogens (tertiary/aromatic N) is 6. The van der Waals surface area contributed by atoms with Gasteiger partial charge in [0.1, 0.15) is 12.2 Å². The van der Waals surface area contributed by atoms with Crippen LogP contribution in [-0.4, -0.2) is 74.6 Å². The Kier molecular flexibility index (Phi) is 6.72. The molecule has 0 saturated carbocycles. The molecule has 0 unspecified atom stereocenters. The zero-order valence-corrected chi connectivity index (χ0v) is 20.8. The van der Waals surface area contributed by atoms with E-state index in [-0.39, 0.29) is 18.5 Å². The number of aliphatic carboxylic acids is 1. The predicted octanol–water partition coefficient (Wildman–Crippen LogP) is 3.27. The lowest BCUT2D eigenvalue weighted by Crippen LogP contribution is -2.46. The fourth-order valence-electron chi connectivity index (χ4n) is 4.86. The molecule has 5 rings (SSSR count). The standard InChI is InChI=1S/C27H29N7O3/c1-32(27(37)18-7-9-19(10-8-18)28-17-24(35)36)20-12-15-34(16-13-20)26-22-6-4-3-5-21(22)25(30-31-26)23-11-14-29-33(23)2/h3-11,14,20,28H,12-13,15-17H2,1-2H3,(H,35,36). The zero-order chi connectivity index (χ0) is 25.9. The molecule has 1 amide bonds. The summed E-state index contributed by atoms with van der Waals surface area (Å²) in [4.78, 5) is 27.9. The highest BCUT2D eigenvalue weighted by atomic mass is 16.4. The van der Waals surface area contributed by atoms with E-state index in [1.807, 2.05) is 37.2 Å². The number of aryl methyl sites for hydroxylation is 1. The van der Waals surface area contributed by atoms with E-state index >= 15 is 0 Å². The summed E-state index contributed by atoms with van der Waals surface area (Å²) in [5.74, 6) is -0.123. The highest BCUT2D eigenvalue weighted by Gasteiger charge is 2.28. The van der Waals surface area contributed by atoms with Crippen LogP contribution in [0.15, 0.2) is 60.8 Å². The number of carboxylic acid groups (broad SMARTS) is 1. The summed E-state index contributed by atoms with van der Waals surface area (Å²) in [6.45, 7) is 1.37. The van der Waals surface area contributed by atoms with Crippen molar-refractivity contribution in [3.8, 4) is 11.4 Å². The second kappa shape index (κ2) is 10.3. The number of carbonyl (C=O) groups is 2. The number of aromatic nitrogens is 4. The molecule has 2 aromatic carbocycles. The minimum atomic E-state index is -0.936. The fourth-order valence-corrected chi connectivity index (χ4v) is 4.86. The summed E-state index contributed by atoms with van der Waals surface area (Å²) >= 11 is 0. The van der Waals surface area contributed by atoms with Crippen molar-refractivity contribution in [3.05, 3.63) is 66.4 Å². The third kappa shape index (κ3) is 4.95. The Morgan fingerprint density at radius 3 is 2.38 bits per heavy atom. The molecule has 0 bridgehead atoms. The molecule has 2 N–H and O–H groups in total. The maximum atomic E-state index is 13.1. The Labute approximate surface area is 214 Å². The molecule has 1 saturated heterocycles. The Morgan fingerprint density at radius 1 is 1.03 bits per heavy atom. The summed E-state index contributed by atoms with van der Waals surface area (Å²) in [6, 6.07) is 17.1. The number of fused-ring (bicyclic) bond motifs is 1. The molecule has 10 nitrogen and oxygen atoms in total. The zero-order valence-electron chi connectivity index (χ0n) is 20.8. The quantitative estimate of drug-likeness (QED) is 0.398. The number of nitrogens with one attached hydrogen (secondary N) is 1. The SMILES string of the molecule is CN(C(=O)c1ccc(NCC(=O)O)cc1)C1CCN(c2nnc(-c3ccnn3C)c3ccccc23)CC1. The molecule has 1 aliphatic rings. The molecule has 2 aromatic heterocycles. The van der Waals surface area contributed by atoms with Crippen LogP contribution in [0, 0.1) is 0 Å². The molecule has 0 atom stereocenters. The van der Waals surface area contributed by atoms with Gasteiger partial charge in [0.2, 0.25) is 0 Å². The number of carbonyl (C=O) groups excluding carboxylic acids is 1. The number of hydrogen-bond acceptors (Lipinski definition) is 7. The van der Waals surface area contributed by atoms with Gasteiger partial charge >= 0.3 is 5.97 Å². The second-order valence-electron chi connectivity index (χ2n) is 9.22. The Hall–Kier alpha value is -4.47. The maximum Gasteiger partial charge on any atom is 0.322 e. The van der Waals surface area contributed by atoms with Crippen molar-refractivity contribution in [2.24, 2.45) is 7.05 Å². The normalized spacial score (nSPS) is 14.1. The van der Waals surface area contributed by atoms with Crippen molar-refractivity contribution >= 4 is 34.2 Å². The Balaban J connectivity index is 1.27. The number of piperidine rings is 1. The highest BCUT2D eigenvalue weighted by molar-refractivity contribution is 6.00. The first-order chi connectivity index (χ1) is 17.9. The van der Waals surface area contributed by atoms with Gasteiger partial charge in [0, 0.05) is 61.4 Å². The van der Waals surface area contributed by atoms with E-state index in [1.165, 1.54) is 0 Å². The lowest BCUT2D eigenvalue weighted by atomic mass is 10.0. The number of anilines is 2. The van der Waals surface area contributed by atoms with Crippen LogP contribution in [0.3, 0.4) is 0 Å². The lowest BCUT2D eigenvalue weighted by Gasteiger charge is -2.37. The molecule has 1 aliphatic heterocycles. The van der Waals surface area contributed by atoms with Gasteiger partial charge in [0.25, 0.3) is 5.91 Å². The van der Waals surface area contributed by atoms with Gasteiger partial charge in [0.15, 0.2) is 5.82 Å². The summed E-state index contributed by atoms with van der Waals surface area (Å²) in [6.07, 6.45) is 3.40. The summed E-state index contributed by atoms with van der Waals surface area (Å²) in [5, 5.41) is 27.2. The van der Waals surface area contributed by atoms with Gasteiger partial charge in [-0.15, -0.1) is 10.2 Å². The first kappa shape index (κ1) is 24.2. The molecule has 190 valence electrons. The fraction of sp³-hybridized carbons (Fsp3) is 0.296. The van der Waals surface area contributed by atoms with Crippen LogP contribution in [0.1, 0.15) is 23.2 Å². The van der Waals surface area contributed by atoms with Crippen LogP contribution in [0.4, 0.5) is 11.5 Å². The Morgan fingerprint density at radius 2 is 1.73 bits per heavy atom. The third-order valence-corrected chi connectivity index (χ3v) is 6.94. The van der Waals surface area contributed by atoms with E-state index in [9.17, 15) is 9.59 Å². The largest absolute Gasteiger partial charge is 0.480 e. The van der Waals surface area contributed by atoms with Crippen molar-refractivity contribution < 1.29 is 14.7 Å². The lowest BCUT2D eigenvalue weighted by molar-refractivity contribution is -0.134. The maximum absolute atomic E-state index is 13.1. The number of amides is 1. The van der Waals surface area contributed by atoms with Gasteiger partial charge in [-0.05, 0) is 43.2 Å². The van der Waals surface area contributed by atoms with Crippen LogP contribution >= 0.6 is 0 Å². The number of rotatable bonds is 7. The number of benzene rings is 2. The second-order valence-corrected chi connectivity index (χ2v) is 9.22. The molecule has 3 heterocycles. The minimum Gasteiger partial charge on any atom is -0.480 e. The van der Waals surface area contributed by atoms with Crippen molar-refractivity contribution in [1.82, 2.24) is 24.9 Å². The van der Waals surface area contributed by atoms with Crippen LogP contribution in [0.2, 0.25) is 0 Å². The van der Waals surface area contributed by atoms with Gasteiger partial charge in [-0.2, -0.15) is 5.10 Å². The van der Waals surface area contributed by atoms with Gasteiger partial charge in [-0.25, -0.2) is 0 Å². The van der Waals surface area contributed by atoms with Crippen LogP contribution in [0.25, 0.3) is 22.2 Å². The number of carboxylic acids is 1. The Bertz CT molecular complexity index is 1430. The molecular weight excluding hydrogens is 470 g/mol. The molecular formula is C27H29N7O3. The van der Waals surface area contributed by atoms with Gasteiger partial charge in [0.05, 0.1) is 5.69 Å². The molecule has 0 spiro atoms. The molecule has 1 fully saturated rings. The van der Waals surface area contributed by atoms with E-state index in [0.29, 0.717) is 11.3 Å². The monoisotopic (exact) mass is 499 g/mol. The van der Waals surface area contributed by atoms with E-state index in [1.54, 1.807) is 35.1 Å². The van der Waals surface area contributed by atoms with Crippen molar-refractivity contribution in [2.75, 3.05) is 36.9 Å². The topological polar surface area (TPSA) is 116 Å². The average molecular weight is 500 g/mol. The van der Waals surface area contributed by atoms with Crippen LogP contribution < -0.4 is 10.2 Å².